The lowest BCUT2D eigenvalue weighted by molar-refractivity contribution is -0.181. The van der Waals surface area contributed by atoms with Gasteiger partial charge in [-0.3, -0.25) is 14.9 Å². The molecule has 2 heterocycles. The van der Waals surface area contributed by atoms with Crippen molar-refractivity contribution in [3.63, 3.8) is 0 Å². The van der Waals surface area contributed by atoms with Crippen LogP contribution >= 0.6 is 24.0 Å². The molecular weight excluding hydrogens is 446 g/mol. The Morgan fingerprint density at radius 3 is 2.48 bits per heavy atom. The number of hydrogen-bond acceptors (Lipinski definition) is 3. The van der Waals surface area contributed by atoms with Gasteiger partial charge in [0.1, 0.15) is 6.04 Å². The second kappa shape index (κ2) is 10.1. The molecule has 1 unspecified atom stereocenters. The maximum Gasteiger partial charge on any atom is 0.403 e. The molecule has 0 saturated carbocycles. The second-order valence-corrected chi connectivity index (χ2v) is 5.79. The van der Waals surface area contributed by atoms with Crippen molar-refractivity contribution in [1.82, 2.24) is 20.1 Å². The van der Waals surface area contributed by atoms with E-state index < -0.39 is 12.2 Å². The molecule has 1 aromatic heterocycles. The van der Waals surface area contributed by atoms with Gasteiger partial charge in [-0.2, -0.15) is 13.2 Å². The van der Waals surface area contributed by atoms with E-state index in [0.717, 1.165) is 18.1 Å². The molecule has 0 spiro atoms. The van der Waals surface area contributed by atoms with Gasteiger partial charge in [-0.05, 0) is 19.1 Å². The number of piperazine rings is 1. The first kappa shape index (κ1) is 21.9. The van der Waals surface area contributed by atoms with E-state index in [4.69, 9.17) is 0 Å². The average Bonchev–Trinajstić information content (AvgIpc) is 2.58. The smallest absolute Gasteiger partial charge is 0.356 e. The summed E-state index contributed by atoms with van der Waals surface area (Å²) in [5.74, 6) is 0.727. The normalized spacial score (nSPS) is 17.8. The van der Waals surface area contributed by atoms with Crippen LogP contribution in [0.25, 0.3) is 0 Å². The van der Waals surface area contributed by atoms with E-state index in [-0.39, 0.29) is 24.0 Å². The molecule has 1 saturated heterocycles. The molecule has 0 aromatic carbocycles. The van der Waals surface area contributed by atoms with E-state index in [1.54, 1.807) is 13.2 Å². The Kier molecular flexibility index (Phi) is 8.91. The Bertz CT molecular complexity index is 530. The largest absolute Gasteiger partial charge is 0.403 e. The molecule has 9 heteroatoms. The van der Waals surface area contributed by atoms with E-state index in [0.29, 0.717) is 32.7 Å². The van der Waals surface area contributed by atoms with Gasteiger partial charge in [0.05, 0.1) is 0 Å². The number of hydrogen-bond donors (Lipinski definition) is 1. The predicted molar refractivity (Wildman–Crippen MR) is 103 cm³/mol. The number of nitrogens with one attached hydrogen (secondary N) is 1. The topological polar surface area (TPSA) is 43.8 Å². The third kappa shape index (κ3) is 6.61. The van der Waals surface area contributed by atoms with Crippen molar-refractivity contribution in [2.24, 2.45) is 4.99 Å². The van der Waals surface area contributed by atoms with Crippen molar-refractivity contribution in [2.45, 2.75) is 25.6 Å². The summed E-state index contributed by atoms with van der Waals surface area (Å²) in [7, 11) is 1.69. The van der Waals surface area contributed by atoms with Gasteiger partial charge in [0.2, 0.25) is 0 Å². The summed E-state index contributed by atoms with van der Waals surface area (Å²) < 4.78 is 38.4. The van der Waals surface area contributed by atoms with Gasteiger partial charge >= 0.3 is 6.18 Å². The predicted octanol–water partition coefficient (Wildman–Crippen LogP) is 2.39. The molecule has 1 aliphatic heterocycles. The molecule has 0 aliphatic carbocycles. The Labute approximate surface area is 163 Å². The van der Waals surface area contributed by atoms with Gasteiger partial charge in [-0.15, -0.1) is 24.0 Å². The molecule has 25 heavy (non-hydrogen) atoms. The first-order valence-corrected chi connectivity index (χ1v) is 8.08. The summed E-state index contributed by atoms with van der Waals surface area (Å²) in [6.45, 7) is 3.72. The number of alkyl halides is 3. The summed E-state index contributed by atoms with van der Waals surface area (Å²) in [5, 5.41) is 3.26. The van der Waals surface area contributed by atoms with Gasteiger partial charge in [0.15, 0.2) is 5.96 Å². The fourth-order valence-electron chi connectivity index (χ4n) is 2.71. The molecule has 0 amide bonds. The monoisotopic (exact) mass is 471 g/mol. The highest BCUT2D eigenvalue weighted by atomic mass is 127. The second-order valence-electron chi connectivity index (χ2n) is 5.79. The van der Waals surface area contributed by atoms with Gasteiger partial charge in [-0.25, -0.2) is 0 Å². The SMILES string of the molecule is CN=C(NCCc1ccccn1)N1CCN(C(C)C(F)(F)F)CC1.I. The van der Waals surface area contributed by atoms with Gasteiger partial charge in [0, 0.05) is 58.1 Å². The van der Waals surface area contributed by atoms with Crippen LogP contribution in [0.15, 0.2) is 29.4 Å². The molecule has 0 radical (unpaired) electrons. The van der Waals surface area contributed by atoms with Crippen LogP contribution in [0.4, 0.5) is 13.2 Å². The first-order valence-electron chi connectivity index (χ1n) is 8.08. The number of guanidine groups is 1. The Morgan fingerprint density at radius 1 is 1.28 bits per heavy atom. The maximum absolute atomic E-state index is 12.8. The van der Waals surface area contributed by atoms with Gasteiger partial charge < -0.3 is 10.2 Å². The van der Waals surface area contributed by atoms with Crippen molar-refractivity contribution in [3.8, 4) is 0 Å². The van der Waals surface area contributed by atoms with E-state index in [2.05, 4.69) is 15.3 Å². The molecule has 0 bridgehead atoms. The van der Waals surface area contributed by atoms with E-state index in [1.165, 1.54) is 11.8 Å². The summed E-state index contributed by atoms with van der Waals surface area (Å²) >= 11 is 0. The number of aromatic nitrogens is 1. The minimum atomic E-state index is -4.18. The van der Waals surface area contributed by atoms with Crippen LogP contribution in [0.5, 0.6) is 0 Å². The Morgan fingerprint density at radius 2 is 1.96 bits per heavy atom. The fraction of sp³-hybridized carbons (Fsp3) is 0.625. The van der Waals surface area contributed by atoms with Crippen molar-refractivity contribution < 1.29 is 13.2 Å². The molecule has 142 valence electrons. The molecule has 1 N–H and O–H groups in total. The Balaban J connectivity index is 0.00000312. The summed E-state index contributed by atoms with van der Waals surface area (Å²) in [4.78, 5) is 12.0. The van der Waals surface area contributed by atoms with Crippen molar-refractivity contribution in [2.75, 3.05) is 39.8 Å². The van der Waals surface area contributed by atoms with Gasteiger partial charge in [-0.1, -0.05) is 6.07 Å². The van der Waals surface area contributed by atoms with Crippen LogP contribution in [0, 0.1) is 0 Å². The number of pyridine rings is 1. The van der Waals surface area contributed by atoms with E-state index in [9.17, 15) is 13.2 Å². The highest BCUT2D eigenvalue weighted by Gasteiger charge is 2.41. The molecule has 5 nitrogen and oxygen atoms in total. The molecule has 1 atom stereocenters. The zero-order valence-electron chi connectivity index (χ0n) is 14.5. The highest BCUT2D eigenvalue weighted by molar-refractivity contribution is 14.0. The van der Waals surface area contributed by atoms with E-state index in [1.807, 2.05) is 23.1 Å². The van der Waals surface area contributed by atoms with Crippen LogP contribution in [-0.4, -0.2) is 72.7 Å². The van der Waals surface area contributed by atoms with Crippen molar-refractivity contribution >= 4 is 29.9 Å². The Hall–Kier alpha value is -1.10. The molecule has 1 aromatic rings. The molecular formula is C16H25F3IN5. The van der Waals surface area contributed by atoms with Crippen LogP contribution in [-0.2, 0) is 6.42 Å². The van der Waals surface area contributed by atoms with Crippen molar-refractivity contribution in [3.05, 3.63) is 30.1 Å². The zero-order chi connectivity index (χ0) is 17.6. The third-order valence-electron chi connectivity index (χ3n) is 4.24. The first-order chi connectivity index (χ1) is 11.4. The zero-order valence-corrected chi connectivity index (χ0v) is 16.8. The van der Waals surface area contributed by atoms with Crippen LogP contribution in [0.2, 0.25) is 0 Å². The lowest BCUT2D eigenvalue weighted by Gasteiger charge is -2.39. The van der Waals surface area contributed by atoms with Crippen LogP contribution in [0.1, 0.15) is 12.6 Å². The van der Waals surface area contributed by atoms with Crippen molar-refractivity contribution in [1.29, 1.82) is 0 Å². The van der Waals surface area contributed by atoms with Gasteiger partial charge in [0.25, 0.3) is 0 Å². The number of aliphatic imine (C=N–C) groups is 1. The molecule has 2 rings (SSSR count). The van der Waals surface area contributed by atoms with E-state index >= 15 is 0 Å². The standard InChI is InChI=1S/C16H24F3N5.HI/c1-13(16(17,18)19)23-9-11-24(12-10-23)15(20-2)22-8-6-14-5-3-4-7-21-14;/h3-5,7,13H,6,8-12H2,1-2H3,(H,20,22);1H. The maximum atomic E-state index is 12.8. The lowest BCUT2D eigenvalue weighted by atomic mass is 10.2. The van der Waals surface area contributed by atoms with Crippen LogP contribution in [0.3, 0.4) is 0 Å². The highest BCUT2D eigenvalue weighted by Crippen LogP contribution is 2.25. The number of rotatable bonds is 4. The average molecular weight is 471 g/mol. The fourth-order valence-corrected chi connectivity index (χ4v) is 2.71. The summed E-state index contributed by atoms with van der Waals surface area (Å²) in [5.41, 5.74) is 0.990. The molecule has 1 fully saturated rings. The number of nitrogens with zero attached hydrogens (tertiary/aromatic N) is 4. The quantitative estimate of drug-likeness (QED) is 0.416. The third-order valence-corrected chi connectivity index (χ3v) is 4.24. The lowest BCUT2D eigenvalue weighted by Crippen LogP contribution is -2.56. The molecule has 1 aliphatic rings. The summed E-state index contributed by atoms with van der Waals surface area (Å²) in [6, 6.07) is 4.37. The minimum Gasteiger partial charge on any atom is -0.356 e. The van der Waals surface area contributed by atoms with Crippen LogP contribution < -0.4 is 5.32 Å². The minimum absolute atomic E-state index is 0. The summed E-state index contributed by atoms with van der Waals surface area (Å²) in [6.07, 6.45) is -1.65. The number of halogens is 4.